The van der Waals surface area contributed by atoms with E-state index in [-0.39, 0.29) is 22.3 Å². The van der Waals surface area contributed by atoms with E-state index < -0.39 is 20.3 Å². The van der Waals surface area contributed by atoms with Gasteiger partial charge in [-0.25, -0.2) is 8.42 Å². The van der Waals surface area contributed by atoms with Crippen molar-refractivity contribution in [1.82, 2.24) is 4.31 Å². The summed E-state index contributed by atoms with van der Waals surface area (Å²) in [7, 11) is -3.57. The molecule has 0 spiro atoms. The molecule has 0 aliphatic carbocycles. The molecular formula is C24H51NO2S. The topological polar surface area (TPSA) is 37.4 Å². The molecular weight excluding hydrogens is 366 g/mol. The lowest BCUT2D eigenvalue weighted by molar-refractivity contribution is 0.0659. The lowest BCUT2D eigenvalue weighted by atomic mass is 9.73. The largest absolute Gasteiger partial charge is 0.221 e. The fraction of sp³-hybridized carbons (Fsp3) is 1.00. The number of rotatable bonds is 9. The van der Waals surface area contributed by atoms with E-state index in [4.69, 9.17) is 0 Å². The van der Waals surface area contributed by atoms with Crippen LogP contribution in [0.15, 0.2) is 0 Å². The lowest BCUT2D eigenvalue weighted by Gasteiger charge is -2.55. The second-order valence-corrected chi connectivity index (χ2v) is 14.5. The average molecular weight is 418 g/mol. The molecule has 0 rings (SSSR count). The molecule has 1 unspecified atom stereocenters. The van der Waals surface area contributed by atoms with Gasteiger partial charge in [-0.3, -0.25) is 0 Å². The van der Waals surface area contributed by atoms with Crippen LogP contribution in [0.1, 0.15) is 123 Å². The van der Waals surface area contributed by atoms with E-state index in [0.717, 1.165) is 12.8 Å². The molecule has 0 aromatic rings. The molecule has 0 bridgehead atoms. The van der Waals surface area contributed by atoms with Crippen LogP contribution in [0.2, 0.25) is 0 Å². The summed E-state index contributed by atoms with van der Waals surface area (Å²) in [6.07, 6.45) is 2.92. The zero-order chi connectivity index (χ0) is 23.0. The number of sulfonamides is 1. The number of hydrogen-bond donors (Lipinski definition) is 0. The van der Waals surface area contributed by atoms with Crippen LogP contribution in [0.25, 0.3) is 0 Å². The van der Waals surface area contributed by atoms with E-state index in [1.807, 2.05) is 4.31 Å². The SMILES string of the molecule is CCC(C)(C)C(CC)(CC)S(=O)(=O)N(C(C)C(C)(C)C)C(C)(C)CC(C)(C)C. The molecule has 0 fully saturated rings. The molecule has 4 heteroatoms. The maximum atomic E-state index is 14.6. The number of hydrogen-bond acceptors (Lipinski definition) is 2. The van der Waals surface area contributed by atoms with E-state index in [2.05, 4.69) is 96.9 Å². The summed E-state index contributed by atoms with van der Waals surface area (Å²) in [5, 5.41) is 0. The van der Waals surface area contributed by atoms with Gasteiger partial charge >= 0.3 is 0 Å². The van der Waals surface area contributed by atoms with Crippen LogP contribution in [0.5, 0.6) is 0 Å². The second kappa shape index (κ2) is 8.57. The van der Waals surface area contributed by atoms with Crippen LogP contribution >= 0.6 is 0 Å². The van der Waals surface area contributed by atoms with Gasteiger partial charge in [-0.1, -0.05) is 76.2 Å². The molecule has 0 saturated carbocycles. The average Bonchev–Trinajstić information content (AvgIpc) is 2.44. The van der Waals surface area contributed by atoms with Crippen molar-refractivity contribution in [1.29, 1.82) is 0 Å². The Balaban J connectivity index is 6.96. The highest BCUT2D eigenvalue weighted by Gasteiger charge is 2.58. The van der Waals surface area contributed by atoms with Crippen molar-refractivity contribution in [3.63, 3.8) is 0 Å². The third-order valence-corrected chi connectivity index (χ3v) is 10.6. The molecule has 28 heavy (non-hydrogen) atoms. The van der Waals surface area contributed by atoms with Gasteiger partial charge in [0.25, 0.3) is 0 Å². The Morgan fingerprint density at radius 3 is 1.39 bits per heavy atom. The molecule has 0 saturated heterocycles. The summed E-state index contributed by atoms with van der Waals surface area (Å²) in [6, 6.07) is -0.0972. The van der Waals surface area contributed by atoms with Gasteiger partial charge in [0, 0.05) is 11.6 Å². The monoisotopic (exact) mass is 417 g/mol. The molecule has 3 nitrogen and oxygen atoms in total. The van der Waals surface area contributed by atoms with E-state index in [0.29, 0.717) is 12.8 Å². The first-order chi connectivity index (χ1) is 12.2. The smallest absolute Gasteiger partial charge is 0.212 e. The first kappa shape index (κ1) is 27.9. The Bertz CT molecular complexity index is 599. The zero-order valence-electron chi connectivity index (χ0n) is 21.6. The highest BCUT2D eigenvalue weighted by atomic mass is 32.2. The van der Waals surface area contributed by atoms with Gasteiger partial charge in [-0.2, -0.15) is 4.31 Å². The van der Waals surface area contributed by atoms with Gasteiger partial charge in [0.2, 0.25) is 10.0 Å². The number of nitrogens with zero attached hydrogens (tertiary/aromatic N) is 1. The highest BCUT2D eigenvalue weighted by Crippen LogP contribution is 2.50. The minimum Gasteiger partial charge on any atom is -0.212 e. The van der Waals surface area contributed by atoms with Gasteiger partial charge in [0.05, 0.1) is 4.75 Å². The van der Waals surface area contributed by atoms with Crippen molar-refractivity contribution in [2.24, 2.45) is 16.2 Å². The minimum atomic E-state index is -3.57. The quantitative estimate of drug-likeness (QED) is 0.396. The summed E-state index contributed by atoms with van der Waals surface area (Å²) in [4.78, 5) is 0. The van der Waals surface area contributed by atoms with Crippen LogP contribution in [0.3, 0.4) is 0 Å². The summed E-state index contributed by atoms with van der Waals surface area (Å²) in [5.41, 5.74) is -0.881. The third kappa shape index (κ3) is 5.33. The van der Waals surface area contributed by atoms with Crippen molar-refractivity contribution in [3.8, 4) is 0 Å². The van der Waals surface area contributed by atoms with E-state index in [1.54, 1.807) is 0 Å². The lowest BCUT2D eigenvalue weighted by Crippen LogP contribution is -2.65. The molecule has 0 amide bonds. The van der Waals surface area contributed by atoms with Gasteiger partial charge in [-0.05, 0) is 62.7 Å². The molecule has 0 radical (unpaired) electrons. The molecule has 0 aliphatic heterocycles. The summed E-state index contributed by atoms with van der Waals surface area (Å²) in [6.45, 7) is 29.9. The maximum Gasteiger partial charge on any atom is 0.221 e. The van der Waals surface area contributed by atoms with Gasteiger partial charge in [-0.15, -0.1) is 0 Å². The Morgan fingerprint density at radius 1 is 0.750 bits per heavy atom. The predicted octanol–water partition coefficient (Wildman–Crippen LogP) is 7.26. The first-order valence-electron chi connectivity index (χ1n) is 11.2. The molecule has 0 N–H and O–H groups in total. The van der Waals surface area contributed by atoms with Crippen LogP contribution in [-0.4, -0.2) is 29.1 Å². The van der Waals surface area contributed by atoms with E-state index in [9.17, 15) is 8.42 Å². The Kier molecular flexibility index (Phi) is 8.54. The molecule has 0 heterocycles. The van der Waals surface area contributed by atoms with Crippen molar-refractivity contribution in [2.75, 3.05) is 0 Å². The van der Waals surface area contributed by atoms with Gasteiger partial charge in [0.1, 0.15) is 0 Å². The van der Waals surface area contributed by atoms with Crippen LogP contribution in [0.4, 0.5) is 0 Å². The van der Waals surface area contributed by atoms with E-state index >= 15 is 0 Å². The normalized spacial score (nSPS) is 16.5. The maximum absolute atomic E-state index is 14.6. The zero-order valence-corrected chi connectivity index (χ0v) is 22.4. The second-order valence-electron chi connectivity index (χ2n) is 12.3. The van der Waals surface area contributed by atoms with Crippen molar-refractivity contribution < 1.29 is 8.42 Å². The summed E-state index contributed by atoms with van der Waals surface area (Å²) < 4.78 is 30.3. The standard InChI is InChI=1S/C24H51NO2S/c1-15-22(11,12)24(16-2,17-3)28(26,27)25(19(4)21(8,9)10)23(13,14)18-20(5,6)7/h19H,15-18H2,1-14H3. The van der Waals surface area contributed by atoms with Crippen molar-refractivity contribution in [3.05, 3.63) is 0 Å². The Hall–Kier alpha value is -0.0900. The van der Waals surface area contributed by atoms with Crippen LogP contribution < -0.4 is 0 Å². The Morgan fingerprint density at radius 2 is 1.14 bits per heavy atom. The Labute approximate surface area is 178 Å². The predicted molar refractivity (Wildman–Crippen MR) is 125 cm³/mol. The van der Waals surface area contributed by atoms with Crippen LogP contribution in [-0.2, 0) is 10.0 Å². The molecule has 0 aromatic heterocycles. The molecule has 1 atom stereocenters. The van der Waals surface area contributed by atoms with Crippen LogP contribution in [0, 0.1) is 16.2 Å². The molecule has 0 aromatic carbocycles. The highest BCUT2D eigenvalue weighted by molar-refractivity contribution is 7.90. The fourth-order valence-electron chi connectivity index (χ4n) is 5.22. The molecule has 0 aliphatic rings. The molecule has 170 valence electrons. The van der Waals surface area contributed by atoms with Gasteiger partial charge < -0.3 is 0 Å². The van der Waals surface area contributed by atoms with Crippen molar-refractivity contribution in [2.45, 2.75) is 139 Å². The fourth-order valence-corrected chi connectivity index (χ4v) is 8.61. The van der Waals surface area contributed by atoms with Crippen molar-refractivity contribution >= 4 is 10.0 Å². The summed E-state index contributed by atoms with van der Waals surface area (Å²) in [5.74, 6) is 0. The van der Waals surface area contributed by atoms with E-state index in [1.165, 1.54) is 0 Å². The first-order valence-corrected chi connectivity index (χ1v) is 12.6. The third-order valence-electron chi connectivity index (χ3n) is 7.18. The van der Waals surface area contributed by atoms with Gasteiger partial charge in [0.15, 0.2) is 0 Å². The summed E-state index contributed by atoms with van der Waals surface area (Å²) >= 11 is 0. The minimum absolute atomic E-state index is 0.0379.